The van der Waals surface area contributed by atoms with Gasteiger partial charge in [0.15, 0.2) is 0 Å². The zero-order chi connectivity index (χ0) is 8.20. The van der Waals surface area contributed by atoms with E-state index in [-0.39, 0.29) is 16.5 Å². The molecule has 0 saturated carbocycles. The molecular weight excluding hydrogens is 185 g/mol. The summed E-state index contributed by atoms with van der Waals surface area (Å²) in [4.78, 5) is 2.21. The van der Waals surface area contributed by atoms with Gasteiger partial charge in [0.1, 0.15) is 0 Å². The maximum absolute atomic E-state index is 9.41. The molecule has 0 radical (unpaired) electrons. The first-order valence-electron chi connectivity index (χ1n) is 3.94. The van der Waals surface area contributed by atoms with E-state index in [1.807, 2.05) is 13.8 Å². The van der Waals surface area contributed by atoms with Gasteiger partial charge in [-0.3, -0.25) is 0 Å². The molecule has 0 bridgehead atoms. The minimum atomic E-state index is -0.550. The molecule has 0 aliphatic rings. The molecule has 0 unspecified atom stereocenters. The average molecular weight is 204 g/mol. The molecule has 0 aromatic rings. The first kappa shape index (κ1) is 14.0. The van der Waals surface area contributed by atoms with E-state index in [1.54, 1.807) is 0 Å². The summed E-state index contributed by atoms with van der Waals surface area (Å²) in [5.41, 5.74) is -0.550. The summed E-state index contributed by atoms with van der Waals surface area (Å²) < 4.78 is 0. The van der Waals surface area contributed by atoms with E-state index < -0.39 is 5.60 Å². The molecular formula is C8H19NNiO. The molecule has 2 nitrogen and oxygen atoms in total. The number of likely N-dealkylation sites (N-methyl/N-ethyl adjacent to an activating group) is 1. The van der Waals surface area contributed by atoms with Crippen molar-refractivity contribution >= 4 is 0 Å². The Bertz CT molecular complexity index is 86.6. The van der Waals surface area contributed by atoms with Crippen LogP contribution in [-0.4, -0.2) is 35.2 Å². The van der Waals surface area contributed by atoms with Gasteiger partial charge in [-0.2, -0.15) is 0 Å². The summed E-state index contributed by atoms with van der Waals surface area (Å²) in [5, 5.41) is 9.41. The molecule has 11 heavy (non-hydrogen) atoms. The number of aliphatic hydroxyl groups is 1. The van der Waals surface area contributed by atoms with E-state index in [2.05, 4.69) is 18.7 Å². The minimum Gasteiger partial charge on any atom is -0.389 e. The van der Waals surface area contributed by atoms with E-state index in [0.717, 1.165) is 19.6 Å². The Kier molecular flexibility index (Phi) is 7.60. The molecule has 0 atom stereocenters. The zero-order valence-corrected chi connectivity index (χ0v) is 8.82. The number of hydrogen-bond acceptors (Lipinski definition) is 2. The summed E-state index contributed by atoms with van der Waals surface area (Å²) in [6.45, 7) is 10.7. The third-order valence-electron chi connectivity index (χ3n) is 1.50. The molecule has 0 rings (SSSR count). The van der Waals surface area contributed by atoms with E-state index in [4.69, 9.17) is 0 Å². The Morgan fingerprint density at radius 3 is 1.64 bits per heavy atom. The van der Waals surface area contributed by atoms with Gasteiger partial charge in [0.05, 0.1) is 5.60 Å². The van der Waals surface area contributed by atoms with E-state index >= 15 is 0 Å². The van der Waals surface area contributed by atoms with Gasteiger partial charge in [-0.25, -0.2) is 0 Å². The van der Waals surface area contributed by atoms with Crippen LogP contribution in [0.1, 0.15) is 27.7 Å². The Morgan fingerprint density at radius 2 is 1.55 bits per heavy atom. The van der Waals surface area contributed by atoms with Gasteiger partial charge in [0, 0.05) is 23.0 Å². The van der Waals surface area contributed by atoms with Crippen molar-refractivity contribution in [2.24, 2.45) is 0 Å². The quantitative estimate of drug-likeness (QED) is 0.693. The van der Waals surface area contributed by atoms with Crippen molar-refractivity contribution in [3.05, 3.63) is 0 Å². The van der Waals surface area contributed by atoms with Gasteiger partial charge in [0.2, 0.25) is 0 Å². The van der Waals surface area contributed by atoms with E-state index in [0.29, 0.717) is 0 Å². The van der Waals surface area contributed by atoms with Crippen LogP contribution in [0.3, 0.4) is 0 Å². The SMILES string of the molecule is CCN(CC)CC(C)(C)O.[Ni]. The van der Waals surface area contributed by atoms with Crippen LogP contribution in [0.4, 0.5) is 0 Å². The maximum Gasteiger partial charge on any atom is 0.0718 e. The van der Waals surface area contributed by atoms with Crippen molar-refractivity contribution in [2.45, 2.75) is 33.3 Å². The van der Waals surface area contributed by atoms with Crippen LogP contribution in [0.25, 0.3) is 0 Å². The van der Waals surface area contributed by atoms with Gasteiger partial charge in [-0.15, -0.1) is 0 Å². The predicted molar refractivity (Wildman–Crippen MR) is 44.1 cm³/mol. The van der Waals surface area contributed by atoms with Crippen LogP contribution >= 0.6 is 0 Å². The molecule has 1 N–H and O–H groups in total. The fraction of sp³-hybridized carbons (Fsp3) is 1.00. The molecule has 0 aliphatic heterocycles. The zero-order valence-electron chi connectivity index (χ0n) is 7.83. The normalized spacial score (nSPS) is 11.5. The molecule has 0 aliphatic carbocycles. The number of hydrogen-bond donors (Lipinski definition) is 1. The minimum absolute atomic E-state index is 0. The Labute approximate surface area is 79.9 Å². The predicted octanol–water partition coefficient (Wildman–Crippen LogP) is 1.10. The second-order valence-electron chi connectivity index (χ2n) is 3.27. The monoisotopic (exact) mass is 203 g/mol. The Balaban J connectivity index is 0. The van der Waals surface area contributed by atoms with Gasteiger partial charge < -0.3 is 10.0 Å². The van der Waals surface area contributed by atoms with Crippen LogP contribution in [0, 0.1) is 0 Å². The van der Waals surface area contributed by atoms with Crippen molar-refractivity contribution in [1.82, 2.24) is 4.90 Å². The Hall–Kier alpha value is 0.414. The molecule has 0 heterocycles. The standard InChI is InChI=1S/C8H19NO.Ni/c1-5-9(6-2)7-8(3,4)10;/h10H,5-7H2,1-4H3;. The number of rotatable bonds is 4. The summed E-state index contributed by atoms with van der Waals surface area (Å²) in [5.74, 6) is 0. The molecule has 0 amide bonds. The summed E-state index contributed by atoms with van der Waals surface area (Å²) in [6.07, 6.45) is 0. The van der Waals surface area contributed by atoms with Crippen molar-refractivity contribution in [3.8, 4) is 0 Å². The Morgan fingerprint density at radius 1 is 1.18 bits per heavy atom. The summed E-state index contributed by atoms with van der Waals surface area (Å²) in [7, 11) is 0. The van der Waals surface area contributed by atoms with E-state index in [9.17, 15) is 5.11 Å². The van der Waals surface area contributed by atoms with Crippen LogP contribution in [0.15, 0.2) is 0 Å². The molecule has 0 aromatic heterocycles. The van der Waals surface area contributed by atoms with Crippen molar-refractivity contribution in [1.29, 1.82) is 0 Å². The topological polar surface area (TPSA) is 23.5 Å². The molecule has 0 spiro atoms. The molecule has 3 heteroatoms. The van der Waals surface area contributed by atoms with Crippen LogP contribution in [0.2, 0.25) is 0 Å². The maximum atomic E-state index is 9.41. The first-order chi connectivity index (χ1) is 4.49. The molecule has 0 saturated heterocycles. The van der Waals surface area contributed by atoms with Crippen molar-refractivity contribution in [2.75, 3.05) is 19.6 Å². The van der Waals surface area contributed by atoms with Crippen LogP contribution in [-0.2, 0) is 16.5 Å². The average Bonchev–Trinajstić information content (AvgIpc) is 1.81. The molecule has 72 valence electrons. The van der Waals surface area contributed by atoms with Crippen LogP contribution in [0.5, 0.6) is 0 Å². The second-order valence-corrected chi connectivity index (χ2v) is 3.27. The summed E-state index contributed by atoms with van der Waals surface area (Å²) >= 11 is 0. The van der Waals surface area contributed by atoms with Crippen LogP contribution < -0.4 is 0 Å². The van der Waals surface area contributed by atoms with Gasteiger partial charge in [0.25, 0.3) is 0 Å². The first-order valence-corrected chi connectivity index (χ1v) is 3.94. The van der Waals surface area contributed by atoms with E-state index in [1.165, 1.54) is 0 Å². The van der Waals surface area contributed by atoms with Gasteiger partial charge in [-0.1, -0.05) is 13.8 Å². The number of nitrogens with zero attached hydrogens (tertiary/aromatic N) is 1. The third kappa shape index (κ3) is 8.32. The second kappa shape index (κ2) is 5.99. The molecule has 0 aromatic carbocycles. The fourth-order valence-corrected chi connectivity index (χ4v) is 0.994. The van der Waals surface area contributed by atoms with Crippen molar-refractivity contribution in [3.63, 3.8) is 0 Å². The largest absolute Gasteiger partial charge is 0.389 e. The van der Waals surface area contributed by atoms with Crippen molar-refractivity contribution < 1.29 is 21.6 Å². The van der Waals surface area contributed by atoms with Gasteiger partial charge in [-0.05, 0) is 26.9 Å². The smallest absolute Gasteiger partial charge is 0.0718 e. The third-order valence-corrected chi connectivity index (χ3v) is 1.50. The fourth-order valence-electron chi connectivity index (χ4n) is 0.994. The van der Waals surface area contributed by atoms with Gasteiger partial charge >= 0.3 is 0 Å². The molecule has 0 fully saturated rings. The summed E-state index contributed by atoms with van der Waals surface area (Å²) in [6, 6.07) is 0.